The van der Waals surface area contributed by atoms with Gasteiger partial charge in [-0.25, -0.2) is 4.98 Å². The molecule has 0 bridgehead atoms. The van der Waals surface area contributed by atoms with Gasteiger partial charge in [-0.05, 0) is 66.3 Å². The van der Waals surface area contributed by atoms with E-state index in [1.54, 1.807) is 12.5 Å². The fraction of sp³-hybridized carbons (Fsp3) is 0.300. The van der Waals surface area contributed by atoms with Crippen molar-refractivity contribution in [1.29, 1.82) is 0 Å². The van der Waals surface area contributed by atoms with Gasteiger partial charge < -0.3 is 14.1 Å². The smallest absolute Gasteiger partial charge is 0.223 e. The number of benzene rings is 2. The van der Waals surface area contributed by atoms with E-state index in [2.05, 4.69) is 42.0 Å². The van der Waals surface area contributed by atoms with Gasteiger partial charge in [0.15, 0.2) is 6.39 Å². The number of hydrogen-bond donors (Lipinski definition) is 0. The Labute approximate surface area is 222 Å². The Bertz CT molecular complexity index is 1370. The van der Waals surface area contributed by atoms with Crippen molar-refractivity contribution in [2.24, 2.45) is 0 Å². The lowest BCUT2D eigenvalue weighted by molar-refractivity contribution is -0.133. The first-order chi connectivity index (χ1) is 18.0. The van der Waals surface area contributed by atoms with Gasteiger partial charge >= 0.3 is 0 Å². The molecule has 0 aliphatic carbocycles. The van der Waals surface area contributed by atoms with E-state index in [4.69, 9.17) is 20.8 Å². The molecule has 1 atom stereocenters. The lowest BCUT2D eigenvalue weighted by Gasteiger charge is -2.39. The first-order valence-electron chi connectivity index (χ1n) is 12.6. The second-order valence-corrected chi connectivity index (χ2v) is 9.93. The molecule has 0 spiro atoms. The molecule has 1 unspecified atom stereocenters. The van der Waals surface area contributed by atoms with Crippen LogP contribution < -0.4 is 4.74 Å². The van der Waals surface area contributed by atoms with E-state index in [9.17, 15) is 4.79 Å². The molecular formula is C30H30ClN3O3. The van der Waals surface area contributed by atoms with Crippen molar-refractivity contribution in [1.82, 2.24) is 14.9 Å². The van der Waals surface area contributed by atoms with Crippen LogP contribution in [0.3, 0.4) is 0 Å². The summed E-state index contributed by atoms with van der Waals surface area (Å²) < 4.78 is 11.2. The second kappa shape index (κ2) is 11.2. The van der Waals surface area contributed by atoms with Gasteiger partial charge in [-0.15, -0.1) is 0 Å². The van der Waals surface area contributed by atoms with Gasteiger partial charge in [0.25, 0.3) is 0 Å². The van der Waals surface area contributed by atoms with Crippen LogP contribution in [-0.2, 0) is 24.1 Å². The number of hydrogen-bond acceptors (Lipinski definition) is 5. The van der Waals surface area contributed by atoms with E-state index in [1.807, 2.05) is 35.4 Å². The first-order valence-corrected chi connectivity index (χ1v) is 12.9. The number of carbonyl (C=O) groups excluding carboxylic acids is 1. The van der Waals surface area contributed by atoms with E-state index in [0.29, 0.717) is 36.8 Å². The van der Waals surface area contributed by atoms with Gasteiger partial charge in [0.05, 0.1) is 23.4 Å². The van der Waals surface area contributed by atoms with E-state index in [1.165, 1.54) is 12.0 Å². The topological polar surface area (TPSA) is 68.5 Å². The molecule has 7 heteroatoms. The maximum absolute atomic E-state index is 13.6. The summed E-state index contributed by atoms with van der Waals surface area (Å²) in [5, 5.41) is 0.593. The largest absolute Gasteiger partial charge is 0.492 e. The minimum atomic E-state index is -0.216. The molecule has 3 heterocycles. The normalized spacial score (nSPS) is 14.9. The van der Waals surface area contributed by atoms with Crippen molar-refractivity contribution in [2.45, 2.75) is 45.6 Å². The van der Waals surface area contributed by atoms with E-state index in [0.717, 1.165) is 46.4 Å². The summed E-state index contributed by atoms with van der Waals surface area (Å²) in [5.41, 5.74) is 7.56. The van der Waals surface area contributed by atoms with Crippen LogP contribution in [0.1, 0.15) is 51.5 Å². The summed E-state index contributed by atoms with van der Waals surface area (Å²) in [5.74, 6) is 0.726. The van der Waals surface area contributed by atoms with Crippen LogP contribution in [0.25, 0.3) is 0 Å². The highest BCUT2D eigenvalue weighted by molar-refractivity contribution is 6.32. The van der Waals surface area contributed by atoms with E-state index >= 15 is 0 Å². The quantitative estimate of drug-likeness (QED) is 0.285. The first kappa shape index (κ1) is 25.0. The van der Waals surface area contributed by atoms with Crippen molar-refractivity contribution < 1.29 is 13.9 Å². The summed E-state index contributed by atoms with van der Waals surface area (Å²) in [6, 6.07) is 14.2. The number of amides is 1. The average Bonchev–Trinajstić information content (AvgIpc) is 3.42. The standard InChI is InChI=1S/C30H30ClN3O3/c1-20-5-7-25(21(2)14-20)30-26-16-28(37-13-10-22-4-3-11-32-17-22)27(31)15-23(26)9-12-34(30)29(35)8-6-24-18-36-19-33-24/h3-5,7,11,14-19,30H,6,8-10,12-13H2,1-2H3. The average molecular weight is 516 g/mol. The number of nitrogens with zero attached hydrogens (tertiary/aromatic N) is 3. The molecule has 1 amide bonds. The fourth-order valence-corrected chi connectivity index (χ4v) is 5.27. The molecule has 6 nitrogen and oxygen atoms in total. The number of carbonyl (C=O) groups is 1. The second-order valence-electron chi connectivity index (χ2n) is 9.52. The molecule has 1 aliphatic heterocycles. The number of oxazole rings is 1. The predicted molar refractivity (Wildman–Crippen MR) is 143 cm³/mol. The van der Waals surface area contributed by atoms with E-state index < -0.39 is 0 Å². The van der Waals surface area contributed by atoms with Crippen LogP contribution in [-0.4, -0.2) is 33.9 Å². The maximum Gasteiger partial charge on any atom is 0.223 e. The third-order valence-corrected chi connectivity index (χ3v) is 7.21. The maximum atomic E-state index is 13.6. The van der Waals surface area contributed by atoms with Crippen LogP contribution in [0.15, 0.2) is 71.9 Å². The molecule has 2 aromatic heterocycles. The lowest BCUT2D eigenvalue weighted by Crippen LogP contribution is -2.41. The minimum absolute atomic E-state index is 0.0904. The molecule has 0 saturated carbocycles. The van der Waals surface area contributed by atoms with Crippen molar-refractivity contribution >= 4 is 17.5 Å². The number of aryl methyl sites for hydroxylation is 3. The van der Waals surface area contributed by atoms with Crippen LogP contribution in [0.5, 0.6) is 5.75 Å². The Balaban J connectivity index is 1.45. The summed E-state index contributed by atoms with van der Waals surface area (Å²) in [7, 11) is 0. The lowest BCUT2D eigenvalue weighted by atomic mass is 9.85. The predicted octanol–water partition coefficient (Wildman–Crippen LogP) is 6.07. The summed E-state index contributed by atoms with van der Waals surface area (Å²) in [4.78, 5) is 23.9. The summed E-state index contributed by atoms with van der Waals surface area (Å²) in [6.07, 6.45) is 8.98. The molecule has 37 heavy (non-hydrogen) atoms. The molecule has 190 valence electrons. The van der Waals surface area contributed by atoms with Gasteiger partial charge in [0, 0.05) is 38.2 Å². The molecule has 0 N–H and O–H groups in total. The zero-order chi connectivity index (χ0) is 25.8. The number of fused-ring (bicyclic) bond motifs is 1. The van der Waals surface area contributed by atoms with Gasteiger partial charge in [-0.1, -0.05) is 41.4 Å². The van der Waals surface area contributed by atoms with Crippen molar-refractivity contribution in [3.05, 3.63) is 112 Å². The molecule has 4 aromatic rings. The molecular weight excluding hydrogens is 486 g/mol. The van der Waals surface area contributed by atoms with E-state index in [-0.39, 0.29) is 11.9 Å². The highest BCUT2D eigenvalue weighted by atomic mass is 35.5. The van der Waals surface area contributed by atoms with Crippen molar-refractivity contribution in [3.63, 3.8) is 0 Å². The highest BCUT2D eigenvalue weighted by Gasteiger charge is 2.33. The highest BCUT2D eigenvalue weighted by Crippen LogP contribution is 2.41. The number of aromatic nitrogens is 2. The molecule has 0 radical (unpaired) electrons. The Morgan fingerprint density at radius 1 is 1.16 bits per heavy atom. The summed E-state index contributed by atoms with van der Waals surface area (Å²) >= 11 is 6.66. The fourth-order valence-electron chi connectivity index (χ4n) is 5.03. The zero-order valence-corrected chi connectivity index (χ0v) is 21.9. The Morgan fingerprint density at radius 2 is 2.05 bits per heavy atom. The molecule has 0 fully saturated rings. The van der Waals surface area contributed by atoms with Gasteiger partial charge in [0.2, 0.25) is 5.91 Å². The van der Waals surface area contributed by atoms with Crippen molar-refractivity contribution in [2.75, 3.05) is 13.2 Å². The van der Waals surface area contributed by atoms with Crippen LogP contribution in [0, 0.1) is 13.8 Å². The number of halogens is 1. The Hall–Kier alpha value is -3.64. The zero-order valence-electron chi connectivity index (χ0n) is 21.1. The van der Waals surface area contributed by atoms with Crippen LogP contribution >= 0.6 is 11.6 Å². The number of rotatable bonds is 8. The number of ether oxygens (including phenoxy) is 1. The SMILES string of the molecule is Cc1ccc(C2c3cc(OCCc4cccnc4)c(Cl)cc3CCN2C(=O)CCc2cocn2)c(C)c1. The molecule has 1 aliphatic rings. The number of pyridine rings is 1. The van der Waals surface area contributed by atoms with Crippen LogP contribution in [0.4, 0.5) is 0 Å². The molecule has 0 saturated heterocycles. The van der Waals surface area contributed by atoms with Crippen LogP contribution in [0.2, 0.25) is 5.02 Å². The Morgan fingerprint density at radius 3 is 2.81 bits per heavy atom. The Kier molecular flexibility index (Phi) is 7.56. The monoisotopic (exact) mass is 515 g/mol. The third kappa shape index (κ3) is 5.70. The summed E-state index contributed by atoms with van der Waals surface area (Å²) in [6.45, 7) is 5.30. The molecule has 5 rings (SSSR count). The third-order valence-electron chi connectivity index (χ3n) is 6.91. The van der Waals surface area contributed by atoms with Gasteiger partial charge in [0.1, 0.15) is 12.0 Å². The minimum Gasteiger partial charge on any atom is -0.492 e. The molecule has 2 aromatic carbocycles. The van der Waals surface area contributed by atoms with Crippen molar-refractivity contribution in [3.8, 4) is 5.75 Å². The van der Waals surface area contributed by atoms with Gasteiger partial charge in [-0.3, -0.25) is 9.78 Å². The van der Waals surface area contributed by atoms with Gasteiger partial charge in [-0.2, -0.15) is 0 Å².